The summed E-state index contributed by atoms with van der Waals surface area (Å²) in [5, 5.41) is 36.0. The number of aliphatic hydroxyl groups excluding tert-OH is 1. The Kier molecular flexibility index (Phi) is 11.7. The van der Waals surface area contributed by atoms with Gasteiger partial charge in [-0.3, -0.25) is 19.7 Å². The number of nitro groups is 1. The van der Waals surface area contributed by atoms with Gasteiger partial charge in [-0.25, -0.2) is 19.5 Å². The Morgan fingerprint density at radius 3 is 2.45 bits per heavy atom. The van der Waals surface area contributed by atoms with E-state index >= 15 is 0 Å². The smallest absolute Gasteiger partial charge is 0.363 e. The highest BCUT2D eigenvalue weighted by Gasteiger charge is 2.60. The van der Waals surface area contributed by atoms with Crippen molar-refractivity contribution in [2.45, 2.75) is 43.7 Å². The van der Waals surface area contributed by atoms with Gasteiger partial charge in [0.25, 0.3) is 22.4 Å². The minimum atomic E-state index is -3.85. The largest absolute Gasteiger partial charge is 0.483 e. The maximum atomic E-state index is 13.2. The number of carbonyl (C=O) groups is 4. The second-order valence-corrected chi connectivity index (χ2v) is 12.2. The fraction of sp³-hybridized carbons (Fsp3) is 0.478. The summed E-state index contributed by atoms with van der Waals surface area (Å²) >= 11 is 1.33. The number of nitrogens with zero attached hydrogens (tertiary/aromatic N) is 2. The summed E-state index contributed by atoms with van der Waals surface area (Å²) in [6, 6.07) is 3.85. The molecule has 8 N–H and O–H groups in total. The Labute approximate surface area is 244 Å². The van der Waals surface area contributed by atoms with Gasteiger partial charge in [-0.1, -0.05) is 6.92 Å². The highest BCUT2D eigenvalue weighted by Crippen LogP contribution is 2.52. The molecule has 1 aromatic carbocycles. The van der Waals surface area contributed by atoms with Gasteiger partial charge in [0, 0.05) is 47.3 Å². The first-order valence-electron chi connectivity index (χ1n) is 12.2. The number of aliphatic hydroxyl groups is 1. The van der Waals surface area contributed by atoms with E-state index in [0.29, 0.717) is 17.9 Å². The zero-order valence-electron chi connectivity index (χ0n) is 22.3. The molecule has 42 heavy (non-hydrogen) atoms. The summed E-state index contributed by atoms with van der Waals surface area (Å²) in [7, 11) is -3.85. The van der Waals surface area contributed by atoms with Crippen molar-refractivity contribution in [3.63, 3.8) is 0 Å². The fourth-order valence-corrected chi connectivity index (χ4v) is 6.95. The molecule has 0 saturated carbocycles. The molecule has 0 unspecified atom stereocenters. The molecule has 232 valence electrons. The maximum Gasteiger partial charge on any atom is 0.363 e. The van der Waals surface area contributed by atoms with E-state index in [4.69, 9.17) is 19.8 Å². The Balaban J connectivity index is 0.00000148. The van der Waals surface area contributed by atoms with Crippen LogP contribution in [0.4, 0.5) is 5.69 Å². The predicted molar refractivity (Wildman–Crippen MR) is 147 cm³/mol. The Morgan fingerprint density at radius 2 is 1.93 bits per heavy atom. The number of carboxylic acid groups (broad SMARTS) is 1. The van der Waals surface area contributed by atoms with Crippen molar-refractivity contribution >= 4 is 52.0 Å². The van der Waals surface area contributed by atoms with Crippen molar-refractivity contribution in [3.8, 4) is 0 Å². The van der Waals surface area contributed by atoms with Crippen molar-refractivity contribution in [3.05, 3.63) is 50.5 Å². The summed E-state index contributed by atoms with van der Waals surface area (Å²) in [5.41, 5.74) is -0.390. The number of ether oxygens (including phenoxy) is 1. The average molecular weight is 634 g/mol. The molecular formula is C23H31N5O12S2. The topological polar surface area (TPSA) is 280 Å². The second-order valence-electron chi connectivity index (χ2n) is 9.53. The third-order valence-corrected chi connectivity index (χ3v) is 8.89. The van der Waals surface area contributed by atoms with Gasteiger partial charge in [0.1, 0.15) is 5.70 Å². The van der Waals surface area contributed by atoms with Gasteiger partial charge in [0.05, 0.1) is 28.6 Å². The van der Waals surface area contributed by atoms with Crippen LogP contribution in [0.1, 0.15) is 30.6 Å². The van der Waals surface area contributed by atoms with Crippen molar-refractivity contribution in [2.24, 2.45) is 17.0 Å². The second kappa shape index (κ2) is 14.1. The number of nitro benzene ring substituents is 1. The number of nitrogens with two attached hydrogens (primary N) is 1. The molecule has 4 rings (SSSR count). The highest BCUT2D eigenvalue weighted by molar-refractivity contribution is 8.03. The van der Waals surface area contributed by atoms with Crippen LogP contribution in [0.15, 0.2) is 34.9 Å². The van der Waals surface area contributed by atoms with E-state index in [1.54, 1.807) is 0 Å². The summed E-state index contributed by atoms with van der Waals surface area (Å²) in [4.78, 5) is 59.1. The fourth-order valence-electron chi connectivity index (χ4n) is 5.00. The van der Waals surface area contributed by atoms with E-state index in [0.717, 1.165) is 24.3 Å². The molecule has 2 saturated heterocycles. The number of esters is 2. The summed E-state index contributed by atoms with van der Waals surface area (Å²) in [6.07, 6.45) is -0.414. The van der Waals surface area contributed by atoms with Crippen LogP contribution in [0.25, 0.3) is 0 Å². The number of amides is 1. The van der Waals surface area contributed by atoms with Crippen LogP contribution in [0.2, 0.25) is 0 Å². The number of hydrogen-bond acceptors (Lipinski definition) is 12. The average Bonchev–Trinajstić information content (AvgIpc) is 3.43. The molecule has 0 spiro atoms. The summed E-state index contributed by atoms with van der Waals surface area (Å²) in [6.45, 7) is 3.64. The first-order valence-corrected chi connectivity index (χ1v) is 14.6. The lowest BCUT2D eigenvalue weighted by molar-refractivity contribution is -0.384. The van der Waals surface area contributed by atoms with Gasteiger partial charge in [-0.15, -0.1) is 11.8 Å². The molecule has 3 aliphatic rings. The van der Waals surface area contributed by atoms with E-state index in [1.807, 2.05) is 6.92 Å². The summed E-state index contributed by atoms with van der Waals surface area (Å²) < 4.78 is 29.7. The molecule has 0 radical (unpaired) electrons. The molecule has 0 aromatic heterocycles. The lowest BCUT2D eigenvalue weighted by Crippen LogP contribution is -2.63. The van der Waals surface area contributed by atoms with Crippen molar-refractivity contribution in [1.82, 2.24) is 14.9 Å². The minimum Gasteiger partial charge on any atom is -0.483 e. The number of benzene rings is 1. The lowest BCUT2D eigenvalue weighted by atomic mass is 9.79. The molecule has 0 bridgehead atoms. The number of non-ortho nitro benzene ring substituents is 1. The molecule has 3 aliphatic heterocycles. The SMILES string of the molecule is C[C@@H](O)[C@H]1C(=O)N2C(C(=O)OC(=O)c3ccc([N+](=O)[O-])cc3)=C(S[C@@H]3CN[C@H](CNS(N)(=O)=O)C3)[C@H](C)[C@H]12.O.O=CO. The number of β-lactam (4-membered cyclic amide) rings is 1. The number of carbonyl (C=O) groups excluding carboxylic acids is 3. The molecule has 2 fully saturated rings. The van der Waals surface area contributed by atoms with Crippen LogP contribution in [0.5, 0.6) is 0 Å². The van der Waals surface area contributed by atoms with E-state index in [2.05, 4.69) is 10.0 Å². The first kappa shape index (κ1) is 34.7. The quantitative estimate of drug-likeness (QED) is 0.0516. The molecule has 0 aliphatic carbocycles. The van der Waals surface area contributed by atoms with Gasteiger partial charge in [-0.05, 0) is 25.5 Å². The maximum absolute atomic E-state index is 13.2. The van der Waals surface area contributed by atoms with Crippen LogP contribution in [-0.4, -0.2) is 94.8 Å². The number of hydrogen-bond donors (Lipinski definition) is 5. The molecule has 1 aromatic rings. The van der Waals surface area contributed by atoms with Gasteiger partial charge in [0.2, 0.25) is 5.91 Å². The summed E-state index contributed by atoms with van der Waals surface area (Å²) in [5.74, 6) is -3.59. The van der Waals surface area contributed by atoms with Crippen LogP contribution in [0, 0.1) is 22.0 Å². The Bertz CT molecular complexity index is 1350. The zero-order chi connectivity index (χ0) is 30.6. The monoisotopic (exact) mass is 633 g/mol. The third kappa shape index (κ3) is 7.68. The lowest BCUT2D eigenvalue weighted by Gasteiger charge is -2.46. The van der Waals surface area contributed by atoms with Crippen LogP contribution >= 0.6 is 11.8 Å². The zero-order valence-corrected chi connectivity index (χ0v) is 24.0. The van der Waals surface area contributed by atoms with Crippen LogP contribution in [0.3, 0.4) is 0 Å². The molecule has 17 nitrogen and oxygen atoms in total. The normalized spacial score (nSPS) is 25.3. The first-order chi connectivity index (χ1) is 19.2. The van der Waals surface area contributed by atoms with Crippen molar-refractivity contribution in [1.29, 1.82) is 0 Å². The van der Waals surface area contributed by atoms with Crippen molar-refractivity contribution < 1.29 is 52.9 Å². The number of fused-ring (bicyclic) bond motifs is 1. The van der Waals surface area contributed by atoms with E-state index in [9.17, 15) is 38.0 Å². The van der Waals surface area contributed by atoms with Gasteiger partial charge in [0.15, 0.2) is 0 Å². The molecule has 3 heterocycles. The number of nitrogens with one attached hydrogen (secondary N) is 2. The predicted octanol–water partition coefficient (Wildman–Crippen LogP) is -1.52. The Morgan fingerprint density at radius 1 is 1.33 bits per heavy atom. The molecule has 6 atom stereocenters. The van der Waals surface area contributed by atoms with E-state index in [-0.39, 0.29) is 52.7 Å². The van der Waals surface area contributed by atoms with E-state index < -0.39 is 51.0 Å². The van der Waals surface area contributed by atoms with Gasteiger partial charge < -0.3 is 30.6 Å². The van der Waals surface area contributed by atoms with Crippen molar-refractivity contribution in [2.75, 3.05) is 13.1 Å². The van der Waals surface area contributed by atoms with E-state index in [1.165, 1.54) is 23.6 Å². The molecular weight excluding hydrogens is 602 g/mol. The van der Waals surface area contributed by atoms with Gasteiger partial charge in [-0.2, -0.15) is 8.42 Å². The number of thioether (sulfide) groups is 1. The van der Waals surface area contributed by atoms with Crippen LogP contribution < -0.4 is 15.2 Å². The van der Waals surface area contributed by atoms with Gasteiger partial charge >= 0.3 is 11.9 Å². The molecule has 19 heteroatoms. The Hall–Kier alpha value is -3.46. The number of rotatable bonds is 9. The third-order valence-electron chi connectivity index (χ3n) is 6.81. The minimum absolute atomic E-state index is 0. The highest BCUT2D eigenvalue weighted by atomic mass is 32.2. The standard InChI is InChI=1S/C22H27N5O9S2.CH2O2.H2O/c1-10-17-16(11(2)28)20(29)26(17)18(19(10)37-15-7-13(24-9-15)8-25-38(23,34)35)22(31)36-21(30)12-3-5-14(6-4-12)27(32)33;2-1-3;/h3-6,10-11,13,15-17,24-25,28H,7-9H2,1-2H3,(H2,23,34,35);1H,(H,2,3);1H2/t10-,11-,13+,15+,16-,17-;;/m1../s1. The van der Waals surface area contributed by atoms with Crippen LogP contribution in [-0.2, 0) is 29.3 Å². The molecule has 1 amide bonds.